The molecule has 92 valence electrons. The van der Waals surface area contributed by atoms with E-state index in [1.54, 1.807) is 0 Å². The molecular formula is C12H17N2O2P. The van der Waals surface area contributed by atoms with E-state index >= 15 is 0 Å². The molecule has 17 heavy (non-hydrogen) atoms. The second kappa shape index (κ2) is 5.58. The Kier molecular flexibility index (Phi) is 4.11. The molecule has 0 aliphatic carbocycles. The molecule has 0 unspecified atom stereocenters. The molecule has 0 spiro atoms. The van der Waals surface area contributed by atoms with Crippen molar-refractivity contribution >= 4 is 19.5 Å². The summed E-state index contributed by atoms with van der Waals surface area (Å²) >= 11 is 0. The Bertz CT molecular complexity index is 492. The van der Waals surface area contributed by atoms with E-state index in [0.29, 0.717) is 13.2 Å². The third kappa shape index (κ3) is 2.49. The molecule has 2 heterocycles. The highest BCUT2D eigenvalue weighted by atomic mass is 31.2. The zero-order chi connectivity index (χ0) is 12.3. The number of rotatable bonds is 5. The number of fused-ring (bicyclic) bond motifs is 1. The SMILES string of the molecule is CCOP(OCC)c1c(C)nc2ccccn12. The molecule has 0 saturated carbocycles. The van der Waals surface area contributed by atoms with Crippen molar-refractivity contribution in [3.05, 3.63) is 30.1 Å². The molecule has 0 N–H and O–H groups in total. The topological polar surface area (TPSA) is 35.8 Å². The fourth-order valence-corrected chi connectivity index (χ4v) is 3.16. The lowest BCUT2D eigenvalue weighted by Gasteiger charge is -2.15. The number of pyridine rings is 1. The van der Waals surface area contributed by atoms with Crippen LogP contribution in [0.4, 0.5) is 0 Å². The van der Waals surface area contributed by atoms with Gasteiger partial charge in [-0.2, -0.15) is 0 Å². The van der Waals surface area contributed by atoms with E-state index in [-0.39, 0.29) is 0 Å². The van der Waals surface area contributed by atoms with Crippen LogP contribution in [0.15, 0.2) is 24.4 Å². The summed E-state index contributed by atoms with van der Waals surface area (Å²) in [6.07, 6.45) is 2.00. The van der Waals surface area contributed by atoms with Crippen LogP contribution in [0.2, 0.25) is 0 Å². The average Bonchev–Trinajstić information content (AvgIpc) is 2.64. The summed E-state index contributed by atoms with van der Waals surface area (Å²) in [5, 5.41) is 0. The molecule has 0 aromatic carbocycles. The third-order valence-electron chi connectivity index (χ3n) is 2.34. The lowest BCUT2D eigenvalue weighted by Crippen LogP contribution is -2.14. The van der Waals surface area contributed by atoms with E-state index in [0.717, 1.165) is 16.8 Å². The highest BCUT2D eigenvalue weighted by molar-refractivity contribution is 7.55. The summed E-state index contributed by atoms with van der Waals surface area (Å²) in [6, 6.07) is 5.96. The smallest absolute Gasteiger partial charge is 0.225 e. The molecule has 5 heteroatoms. The van der Waals surface area contributed by atoms with Gasteiger partial charge in [0.2, 0.25) is 8.38 Å². The van der Waals surface area contributed by atoms with Gasteiger partial charge in [0.1, 0.15) is 11.1 Å². The molecule has 2 aromatic rings. The molecule has 0 bridgehead atoms. The normalized spacial score (nSPS) is 11.5. The monoisotopic (exact) mass is 252 g/mol. The number of nitrogens with zero attached hydrogens (tertiary/aromatic N) is 2. The van der Waals surface area contributed by atoms with Gasteiger partial charge in [-0.25, -0.2) is 4.98 Å². The zero-order valence-electron chi connectivity index (χ0n) is 10.4. The standard InChI is InChI=1S/C12H17N2O2P/c1-4-15-17(16-5-2)12-10(3)13-11-8-6-7-9-14(11)12/h6-9H,4-5H2,1-3H3. The van der Waals surface area contributed by atoms with Gasteiger partial charge in [0.05, 0.1) is 18.9 Å². The summed E-state index contributed by atoms with van der Waals surface area (Å²) in [5.74, 6) is 0. The highest BCUT2D eigenvalue weighted by Gasteiger charge is 2.21. The maximum absolute atomic E-state index is 5.70. The molecular weight excluding hydrogens is 235 g/mol. The van der Waals surface area contributed by atoms with E-state index in [2.05, 4.69) is 4.98 Å². The van der Waals surface area contributed by atoms with Gasteiger partial charge >= 0.3 is 0 Å². The second-order valence-corrected chi connectivity index (χ2v) is 5.00. The summed E-state index contributed by atoms with van der Waals surface area (Å²) in [6.45, 7) is 7.24. The number of hydrogen-bond donors (Lipinski definition) is 0. The van der Waals surface area contributed by atoms with Crippen LogP contribution in [0.25, 0.3) is 5.65 Å². The van der Waals surface area contributed by atoms with Crippen molar-refractivity contribution in [2.45, 2.75) is 20.8 Å². The van der Waals surface area contributed by atoms with E-state index in [1.807, 2.05) is 49.6 Å². The minimum atomic E-state index is -1.04. The highest BCUT2D eigenvalue weighted by Crippen LogP contribution is 2.38. The lowest BCUT2D eigenvalue weighted by molar-refractivity contribution is 0.276. The van der Waals surface area contributed by atoms with Crippen LogP contribution in [-0.2, 0) is 9.05 Å². The van der Waals surface area contributed by atoms with Crippen molar-refractivity contribution in [3.63, 3.8) is 0 Å². The fraction of sp³-hybridized carbons (Fsp3) is 0.417. The van der Waals surface area contributed by atoms with Crippen LogP contribution in [0.1, 0.15) is 19.5 Å². The van der Waals surface area contributed by atoms with Crippen LogP contribution in [0.5, 0.6) is 0 Å². The fourth-order valence-electron chi connectivity index (χ4n) is 1.71. The van der Waals surface area contributed by atoms with E-state index in [4.69, 9.17) is 9.05 Å². The molecule has 0 saturated heterocycles. The molecule has 2 rings (SSSR count). The number of imidazole rings is 1. The molecule has 0 aliphatic rings. The average molecular weight is 252 g/mol. The van der Waals surface area contributed by atoms with Gasteiger partial charge in [0, 0.05) is 6.20 Å². The quantitative estimate of drug-likeness (QED) is 0.767. The van der Waals surface area contributed by atoms with Gasteiger partial charge < -0.3 is 9.05 Å². The van der Waals surface area contributed by atoms with Crippen LogP contribution < -0.4 is 5.44 Å². The Morgan fingerprint density at radius 2 is 1.94 bits per heavy atom. The molecule has 0 amide bonds. The predicted octanol–water partition coefficient (Wildman–Crippen LogP) is 2.65. The molecule has 2 aromatic heterocycles. The maximum atomic E-state index is 5.70. The van der Waals surface area contributed by atoms with E-state index < -0.39 is 8.38 Å². The maximum Gasteiger partial charge on any atom is 0.225 e. The van der Waals surface area contributed by atoms with Crippen molar-refractivity contribution in [3.8, 4) is 0 Å². The van der Waals surface area contributed by atoms with Gasteiger partial charge in [0.15, 0.2) is 0 Å². The summed E-state index contributed by atoms with van der Waals surface area (Å²) < 4.78 is 13.4. The first-order valence-corrected chi connectivity index (χ1v) is 6.95. The summed E-state index contributed by atoms with van der Waals surface area (Å²) in [4.78, 5) is 4.52. The first-order valence-electron chi connectivity index (χ1n) is 5.77. The minimum absolute atomic E-state index is 0.644. The zero-order valence-corrected chi connectivity index (χ0v) is 11.3. The van der Waals surface area contributed by atoms with Crippen molar-refractivity contribution in [1.82, 2.24) is 9.38 Å². The van der Waals surface area contributed by atoms with Crippen molar-refractivity contribution in [2.24, 2.45) is 0 Å². The molecule has 0 radical (unpaired) electrons. The van der Waals surface area contributed by atoms with Crippen LogP contribution in [0.3, 0.4) is 0 Å². The van der Waals surface area contributed by atoms with Gasteiger partial charge in [-0.15, -0.1) is 0 Å². The van der Waals surface area contributed by atoms with E-state index in [9.17, 15) is 0 Å². The molecule has 0 aliphatic heterocycles. The Morgan fingerprint density at radius 1 is 1.24 bits per heavy atom. The number of hydrogen-bond acceptors (Lipinski definition) is 3. The number of aryl methyl sites for hydroxylation is 1. The Morgan fingerprint density at radius 3 is 2.59 bits per heavy atom. The third-order valence-corrected chi connectivity index (χ3v) is 4.21. The lowest BCUT2D eigenvalue weighted by atomic mass is 10.5. The van der Waals surface area contributed by atoms with Crippen LogP contribution >= 0.6 is 8.38 Å². The number of aromatic nitrogens is 2. The minimum Gasteiger partial charge on any atom is -0.330 e. The second-order valence-electron chi connectivity index (χ2n) is 3.54. The van der Waals surface area contributed by atoms with Crippen molar-refractivity contribution in [1.29, 1.82) is 0 Å². The Labute approximate surface area is 102 Å². The molecule has 0 fully saturated rings. The molecule has 0 atom stereocenters. The largest absolute Gasteiger partial charge is 0.330 e. The van der Waals surface area contributed by atoms with Crippen LogP contribution in [0, 0.1) is 6.92 Å². The first kappa shape index (κ1) is 12.5. The van der Waals surface area contributed by atoms with E-state index in [1.165, 1.54) is 0 Å². The molecule has 4 nitrogen and oxygen atoms in total. The van der Waals surface area contributed by atoms with Gasteiger partial charge in [-0.1, -0.05) is 6.07 Å². The van der Waals surface area contributed by atoms with Crippen LogP contribution in [-0.4, -0.2) is 22.6 Å². The Balaban J connectivity index is 2.47. The van der Waals surface area contributed by atoms with Gasteiger partial charge in [0.25, 0.3) is 0 Å². The van der Waals surface area contributed by atoms with Crippen molar-refractivity contribution in [2.75, 3.05) is 13.2 Å². The van der Waals surface area contributed by atoms with Crippen molar-refractivity contribution < 1.29 is 9.05 Å². The summed E-state index contributed by atoms with van der Waals surface area (Å²) in [7, 11) is -1.04. The predicted molar refractivity (Wildman–Crippen MR) is 69.7 cm³/mol. The Hall–Kier alpha value is -0.960. The van der Waals surface area contributed by atoms with Gasteiger partial charge in [-0.3, -0.25) is 4.40 Å². The van der Waals surface area contributed by atoms with Gasteiger partial charge in [-0.05, 0) is 32.9 Å². The first-order chi connectivity index (χ1) is 8.27. The summed E-state index contributed by atoms with van der Waals surface area (Å²) in [5.41, 5.74) is 2.95.